The van der Waals surface area contributed by atoms with E-state index in [1.165, 1.54) is 24.1 Å². The molecule has 0 aliphatic carbocycles. The minimum absolute atomic E-state index is 0.0303. The lowest BCUT2D eigenvalue weighted by Gasteiger charge is -2.41. The summed E-state index contributed by atoms with van der Waals surface area (Å²) in [4.78, 5) is 30.7. The number of benzene rings is 2. The maximum Gasteiger partial charge on any atom is 0.573 e. The summed E-state index contributed by atoms with van der Waals surface area (Å²) in [5, 5.41) is 3.59. The molecule has 3 unspecified atom stereocenters. The zero-order valence-corrected chi connectivity index (χ0v) is 23.0. The molecule has 16 heteroatoms. The monoisotopic (exact) mass is 605 g/mol. The van der Waals surface area contributed by atoms with E-state index in [9.17, 15) is 31.2 Å². The number of fused-ring (bicyclic) bond motifs is 1. The SMILES string of the molecule is CN1C(=O)N(CCCNS(C)(=O)=O)C(=O)C2C1NC(Oc1cccc(OC(F)(F)F)c1)N2Cc1ccc(Cl)cc1. The lowest BCUT2D eigenvalue weighted by atomic mass is 10.1. The molecule has 2 aromatic rings. The molecule has 0 bridgehead atoms. The van der Waals surface area contributed by atoms with Crippen molar-refractivity contribution in [1.82, 2.24) is 24.7 Å². The van der Waals surface area contributed by atoms with Crippen LogP contribution in [0.25, 0.3) is 0 Å². The molecule has 2 aliphatic rings. The fourth-order valence-corrected chi connectivity index (χ4v) is 5.12. The Balaban J connectivity index is 1.59. The normalized spacial score (nSPS) is 22.0. The van der Waals surface area contributed by atoms with E-state index in [0.29, 0.717) is 5.02 Å². The van der Waals surface area contributed by atoms with Crippen molar-refractivity contribution in [3.63, 3.8) is 0 Å². The number of ether oxygens (including phenoxy) is 2. The molecule has 2 saturated heterocycles. The second-order valence-electron chi connectivity index (χ2n) is 9.25. The van der Waals surface area contributed by atoms with Crippen molar-refractivity contribution in [1.29, 1.82) is 0 Å². The van der Waals surface area contributed by atoms with Crippen LogP contribution < -0.4 is 19.5 Å². The van der Waals surface area contributed by atoms with E-state index in [1.54, 1.807) is 29.2 Å². The first-order chi connectivity index (χ1) is 18.7. The number of halogens is 4. The first-order valence-electron chi connectivity index (χ1n) is 12.0. The predicted molar refractivity (Wildman–Crippen MR) is 138 cm³/mol. The molecule has 3 atom stereocenters. The molecule has 0 radical (unpaired) electrons. The van der Waals surface area contributed by atoms with Crippen molar-refractivity contribution in [2.75, 3.05) is 26.4 Å². The highest BCUT2D eigenvalue weighted by Gasteiger charge is 2.54. The van der Waals surface area contributed by atoms with Crippen LogP contribution in [0.1, 0.15) is 12.0 Å². The molecule has 2 fully saturated rings. The summed E-state index contributed by atoms with van der Waals surface area (Å²) in [6, 6.07) is 10.3. The Labute approximate surface area is 233 Å². The van der Waals surface area contributed by atoms with Gasteiger partial charge in [-0.2, -0.15) is 0 Å². The molecular weight excluding hydrogens is 579 g/mol. The average molecular weight is 606 g/mol. The topological polar surface area (TPSA) is 121 Å². The number of imide groups is 1. The van der Waals surface area contributed by atoms with E-state index in [4.69, 9.17) is 16.3 Å². The first-order valence-corrected chi connectivity index (χ1v) is 14.3. The van der Waals surface area contributed by atoms with Crippen LogP contribution in [-0.4, -0.2) is 86.4 Å². The highest BCUT2D eigenvalue weighted by Crippen LogP contribution is 2.32. The number of nitrogens with zero attached hydrogens (tertiary/aromatic N) is 3. The van der Waals surface area contributed by atoms with Crippen LogP contribution in [0.2, 0.25) is 5.02 Å². The summed E-state index contributed by atoms with van der Waals surface area (Å²) in [6.07, 6.45) is -5.55. The molecule has 0 aromatic heterocycles. The molecule has 2 aromatic carbocycles. The zero-order valence-electron chi connectivity index (χ0n) is 21.4. The lowest BCUT2D eigenvalue weighted by Crippen LogP contribution is -2.66. The first kappa shape index (κ1) is 29.9. The predicted octanol–water partition coefficient (Wildman–Crippen LogP) is 2.53. The highest BCUT2D eigenvalue weighted by atomic mass is 35.5. The Kier molecular flexibility index (Phi) is 8.80. The Morgan fingerprint density at radius 1 is 1.10 bits per heavy atom. The number of amides is 3. The number of sulfonamides is 1. The van der Waals surface area contributed by atoms with Gasteiger partial charge in [0.1, 0.15) is 23.7 Å². The van der Waals surface area contributed by atoms with Gasteiger partial charge in [0.25, 0.3) is 5.91 Å². The van der Waals surface area contributed by atoms with Gasteiger partial charge in [0, 0.05) is 37.8 Å². The Morgan fingerprint density at radius 3 is 2.42 bits per heavy atom. The second kappa shape index (κ2) is 11.8. The molecule has 218 valence electrons. The molecule has 0 saturated carbocycles. The van der Waals surface area contributed by atoms with Crippen molar-refractivity contribution in [3.8, 4) is 11.5 Å². The van der Waals surface area contributed by atoms with E-state index in [1.807, 2.05) is 0 Å². The van der Waals surface area contributed by atoms with E-state index in [-0.39, 0.29) is 31.8 Å². The molecule has 4 rings (SSSR count). The molecular formula is C24H27ClF3N5O6S. The average Bonchev–Trinajstić information content (AvgIpc) is 3.20. The standard InChI is InChI=1S/C24H27ClF3N5O6S/c1-31-20-19(21(34)32(23(31)35)12-4-11-29-40(2,36)37)33(14-15-7-9-16(25)10-8-15)22(30-20)38-17-5-3-6-18(13-17)39-24(26,27)28/h3,5-10,13,19-20,22,29-30H,4,11-12,14H2,1-2H3. The molecule has 2 N–H and O–H groups in total. The summed E-state index contributed by atoms with van der Waals surface area (Å²) in [5.74, 6) is -0.986. The summed E-state index contributed by atoms with van der Waals surface area (Å²) >= 11 is 6.01. The molecule has 2 aliphatic heterocycles. The summed E-state index contributed by atoms with van der Waals surface area (Å²) < 4.78 is 73.2. The van der Waals surface area contributed by atoms with Gasteiger partial charge in [0.2, 0.25) is 16.4 Å². The number of carbonyl (C=O) groups is 2. The largest absolute Gasteiger partial charge is 0.573 e. The van der Waals surface area contributed by atoms with Crippen LogP contribution >= 0.6 is 11.6 Å². The third kappa shape index (κ3) is 7.34. The van der Waals surface area contributed by atoms with E-state index >= 15 is 0 Å². The van der Waals surface area contributed by atoms with Crippen LogP contribution in [0.4, 0.5) is 18.0 Å². The summed E-state index contributed by atoms with van der Waals surface area (Å²) in [7, 11) is -1.94. The van der Waals surface area contributed by atoms with Gasteiger partial charge in [-0.1, -0.05) is 29.8 Å². The van der Waals surface area contributed by atoms with Gasteiger partial charge in [-0.05, 0) is 36.2 Å². The van der Waals surface area contributed by atoms with E-state index < -0.39 is 52.6 Å². The smallest absolute Gasteiger partial charge is 0.462 e. The van der Waals surface area contributed by atoms with Crippen molar-refractivity contribution < 1.29 is 40.7 Å². The van der Waals surface area contributed by atoms with E-state index in [2.05, 4.69) is 14.8 Å². The summed E-state index contributed by atoms with van der Waals surface area (Å²) in [6.45, 7) is 0.152. The number of rotatable bonds is 10. The number of nitrogens with one attached hydrogen (secondary N) is 2. The third-order valence-electron chi connectivity index (χ3n) is 6.23. The highest BCUT2D eigenvalue weighted by molar-refractivity contribution is 7.88. The number of urea groups is 1. The maximum atomic E-state index is 13.7. The van der Waals surface area contributed by atoms with Crippen molar-refractivity contribution in [3.05, 3.63) is 59.1 Å². The third-order valence-corrected chi connectivity index (χ3v) is 7.21. The lowest BCUT2D eigenvalue weighted by molar-refractivity contribution is -0.274. The minimum Gasteiger partial charge on any atom is -0.462 e. The zero-order chi connectivity index (χ0) is 29.2. The van der Waals surface area contributed by atoms with Crippen LogP contribution in [0, 0.1) is 0 Å². The van der Waals surface area contributed by atoms with Gasteiger partial charge in [-0.15, -0.1) is 13.2 Å². The van der Waals surface area contributed by atoms with Gasteiger partial charge < -0.3 is 14.4 Å². The fraction of sp³-hybridized carbons (Fsp3) is 0.417. The Morgan fingerprint density at radius 2 is 1.77 bits per heavy atom. The molecule has 3 amide bonds. The number of hydrogen-bond donors (Lipinski definition) is 2. The van der Waals surface area contributed by atoms with Crippen LogP contribution in [0.5, 0.6) is 11.5 Å². The van der Waals surface area contributed by atoms with Gasteiger partial charge in [-0.3, -0.25) is 9.69 Å². The molecule has 40 heavy (non-hydrogen) atoms. The number of hydrogen-bond acceptors (Lipinski definition) is 8. The number of carbonyl (C=O) groups excluding carboxylic acids is 2. The summed E-state index contributed by atoms with van der Waals surface area (Å²) in [5.41, 5.74) is 0.755. The number of likely N-dealkylation sites (N-methyl/N-ethyl adjacent to an activating group) is 1. The van der Waals surface area contributed by atoms with Gasteiger partial charge in [-0.25, -0.2) is 28.2 Å². The number of alkyl halides is 3. The minimum atomic E-state index is -4.89. The molecule has 2 heterocycles. The molecule has 11 nitrogen and oxygen atoms in total. The van der Waals surface area contributed by atoms with Crippen LogP contribution in [0.15, 0.2) is 48.5 Å². The van der Waals surface area contributed by atoms with Gasteiger partial charge in [0.15, 0.2) is 0 Å². The van der Waals surface area contributed by atoms with Crippen LogP contribution in [-0.2, 0) is 21.4 Å². The van der Waals surface area contributed by atoms with Crippen molar-refractivity contribution >= 4 is 33.6 Å². The second-order valence-corrected chi connectivity index (χ2v) is 11.5. The Hall–Kier alpha value is -3.11. The fourth-order valence-electron chi connectivity index (χ4n) is 4.48. The maximum absolute atomic E-state index is 13.7. The Bertz CT molecular complexity index is 1350. The van der Waals surface area contributed by atoms with Crippen molar-refractivity contribution in [2.45, 2.75) is 37.9 Å². The van der Waals surface area contributed by atoms with Crippen molar-refractivity contribution in [2.24, 2.45) is 0 Å². The molecule has 0 spiro atoms. The van der Waals surface area contributed by atoms with Gasteiger partial charge in [0.05, 0.1) is 6.26 Å². The quantitative estimate of drug-likeness (QED) is 0.397. The van der Waals surface area contributed by atoms with Gasteiger partial charge >= 0.3 is 12.4 Å². The van der Waals surface area contributed by atoms with Crippen LogP contribution in [0.3, 0.4) is 0 Å². The van der Waals surface area contributed by atoms with E-state index in [0.717, 1.165) is 28.9 Å².